The predicted molar refractivity (Wildman–Crippen MR) is 89.8 cm³/mol. The first-order valence-electron chi connectivity index (χ1n) is 8.42. The molecule has 0 aliphatic heterocycles. The Balaban J connectivity index is 1.83. The molecule has 122 valence electrons. The Morgan fingerprint density at radius 1 is 1.27 bits per heavy atom. The lowest BCUT2D eigenvalue weighted by molar-refractivity contribution is -0.116. The van der Waals surface area contributed by atoms with Gasteiger partial charge in [0.1, 0.15) is 0 Å². The van der Waals surface area contributed by atoms with E-state index in [1.165, 1.54) is 32.1 Å². The van der Waals surface area contributed by atoms with Gasteiger partial charge < -0.3 is 10.4 Å². The van der Waals surface area contributed by atoms with Gasteiger partial charge in [-0.2, -0.15) is 0 Å². The number of aliphatic hydroxyl groups excluding tert-OH is 1. The van der Waals surface area contributed by atoms with Gasteiger partial charge in [-0.05, 0) is 31.9 Å². The summed E-state index contributed by atoms with van der Waals surface area (Å²) in [4.78, 5) is 14.4. The number of nitrogens with zero attached hydrogens (tertiary/aromatic N) is 1. The van der Waals surface area contributed by atoms with E-state index in [9.17, 15) is 9.90 Å². The van der Waals surface area contributed by atoms with Crippen molar-refractivity contribution >= 4 is 11.6 Å². The Hall–Kier alpha value is -1.39. The van der Waals surface area contributed by atoms with Gasteiger partial charge in [-0.1, -0.05) is 37.5 Å². The summed E-state index contributed by atoms with van der Waals surface area (Å²) in [6.45, 7) is 3.19. The second kappa shape index (κ2) is 8.91. The van der Waals surface area contributed by atoms with Crippen LogP contribution >= 0.6 is 0 Å². The number of rotatable bonds is 7. The Morgan fingerprint density at radius 3 is 2.59 bits per heavy atom. The summed E-state index contributed by atoms with van der Waals surface area (Å²) in [6, 6.07) is 10.1. The van der Waals surface area contributed by atoms with Crippen LogP contribution in [-0.4, -0.2) is 41.1 Å². The van der Waals surface area contributed by atoms with Crippen LogP contribution < -0.4 is 5.32 Å². The molecular weight excluding hydrogens is 276 g/mol. The molecule has 1 atom stereocenters. The summed E-state index contributed by atoms with van der Waals surface area (Å²) in [5, 5.41) is 12.6. The van der Waals surface area contributed by atoms with Gasteiger partial charge >= 0.3 is 0 Å². The molecule has 1 aliphatic rings. The van der Waals surface area contributed by atoms with Gasteiger partial charge in [0.15, 0.2) is 0 Å². The van der Waals surface area contributed by atoms with Crippen LogP contribution in [0.15, 0.2) is 30.3 Å². The van der Waals surface area contributed by atoms with E-state index >= 15 is 0 Å². The minimum atomic E-state index is -0.348. The van der Waals surface area contributed by atoms with Crippen LogP contribution in [0.2, 0.25) is 0 Å². The zero-order chi connectivity index (χ0) is 15.8. The molecule has 1 aliphatic carbocycles. The van der Waals surface area contributed by atoms with Crippen LogP contribution in [0.4, 0.5) is 5.69 Å². The smallest absolute Gasteiger partial charge is 0.225 e. The third-order valence-corrected chi connectivity index (χ3v) is 4.27. The molecule has 1 fully saturated rings. The average molecular weight is 304 g/mol. The monoisotopic (exact) mass is 304 g/mol. The largest absolute Gasteiger partial charge is 0.392 e. The summed E-state index contributed by atoms with van der Waals surface area (Å²) in [5.41, 5.74) is 0.840. The van der Waals surface area contributed by atoms with Crippen molar-refractivity contribution in [3.05, 3.63) is 30.3 Å². The number of anilines is 1. The standard InChI is InChI=1S/C18H28N2O2/c1-15(21)14-20(17-10-6-3-7-11-17)13-12-18(22)19-16-8-4-2-5-9-16/h2,4-5,8-9,15,17,21H,3,6-7,10-14H2,1H3,(H,19,22). The fraction of sp³-hybridized carbons (Fsp3) is 0.611. The molecule has 1 aromatic rings. The van der Waals surface area contributed by atoms with Crippen LogP contribution in [0.25, 0.3) is 0 Å². The van der Waals surface area contributed by atoms with Crippen molar-refractivity contribution in [2.24, 2.45) is 0 Å². The summed E-state index contributed by atoms with van der Waals surface area (Å²) in [5.74, 6) is 0.0394. The van der Waals surface area contributed by atoms with Crippen molar-refractivity contribution < 1.29 is 9.90 Å². The van der Waals surface area contributed by atoms with Gasteiger partial charge in [-0.25, -0.2) is 0 Å². The maximum atomic E-state index is 12.1. The van der Waals surface area contributed by atoms with Gasteiger partial charge in [0.2, 0.25) is 5.91 Å². The first-order chi connectivity index (χ1) is 10.6. The molecule has 22 heavy (non-hydrogen) atoms. The van der Waals surface area contributed by atoms with Crippen molar-refractivity contribution in [1.82, 2.24) is 4.90 Å². The van der Waals surface area contributed by atoms with E-state index in [-0.39, 0.29) is 12.0 Å². The second-order valence-electron chi connectivity index (χ2n) is 6.30. The molecule has 2 N–H and O–H groups in total. The SMILES string of the molecule is CC(O)CN(CCC(=O)Nc1ccccc1)C1CCCCC1. The first-order valence-corrected chi connectivity index (χ1v) is 8.42. The van der Waals surface area contributed by atoms with Crippen molar-refractivity contribution in [3.8, 4) is 0 Å². The van der Waals surface area contributed by atoms with Crippen molar-refractivity contribution in [1.29, 1.82) is 0 Å². The fourth-order valence-corrected chi connectivity index (χ4v) is 3.20. The predicted octanol–water partition coefficient (Wildman–Crippen LogP) is 3.03. The summed E-state index contributed by atoms with van der Waals surface area (Å²) < 4.78 is 0. The molecule has 0 radical (unpaired) electrons. The quantitative estimate of drug-likeness (QED) is 0.814. The zero-order valence-corrected chi connectivity index (χ0v) is 13.5. The second-order valence-corrected chi connectivity index (χ2v) is 6.30. The van der Waals surface area contributed by atoms with E-state index in [1.54, 1.807) is 0 Å². The van der Waals surface area contributed by atoms with Crippen molar-refractivity contribution in [3.63, 3.8) is 0 Å². The minimum Gasteiger partial charge on any atom is -0.392 e. The first kappa shape index (κ1) is 17.0. The molecule has 1 saturated carbocycles. The Labute approximate surface area is 133 Å². The number of hydrogen-bond donors (Lipinski definition) is 2. The van der Waals surface area contributed by atoms with Crippen molar-refractivity contribution in [2.45, 2.75) is 57.6 Å². The third kappa shape index (κ3) is 5.78. The van der Waals surface area contributed by atoms with E-state index in [2.05, 4.69) is 10.2 Å². The van der Waals surface area contributed by atoms with Gasteiger partial charge in [0.05, 0.1) is 6.10 Å². The molecular formula is C18H28N2O2. The van der Waals surface area contributed by atoms with Crippen LogP contribution in [0.3, 0.4) is 0 Å². The highest BCUT2D eigenvalue weighted by Crippen LogP contribution is 2.23. The lowest BCUT2D eigenvalue weighted by Gasteiger charge is -2.35. The lowest BCUT2D eigenvalue weighted by Crippen LogP contribution is -2.42. The molecule has 0 heterocycles. The van der Waals surface area contributed by atoms with E-state index in [0.717, 1.165) is 5.69 Å². The number of hydrogen-bond acceptors (Lipinski definition) is 3. The molecule has 4 nitrogen and oxygen atoms in total. The van der Waals surface area contributed by atoms with Crippen LogP contribution in [0, 0.1) is 0 Å². The third-order valence-electron chi connectivity index (χ3n) is 4.27. The van der Waals surface area contributed by atoms with E-state index in [4.69, 9.17) is 0 Å². The molecule has 4 heteroatoms. The number of carbonyl (C=O) groups is 1. The molecule has 1 aromatic carbocycles. The molecule has 1 amide bonds. The average Bonchev–Trinajstić information content (AvgIpc) is 2.53. The number of nitrogens with one attached hydrogen (secondary N) is 1. The topological polar surface area (TPSA) is 52.6 Å². The van der Waals surface area contributed by atoms with Crippen LogP contribution in [0.5, 0.6) is 0 Å². The number of amides is 1. The van der Waals surface area contributed by atoms with Gasteiger partial charge in [-0.15, -0.1) is 0 Å². The normalized spacial score (nSPS) is 17.4. The zero-order valence-electron chi connectivity index (χ0n) is 13.5. The molecule has 0 saturated heterocycles. The molecule has 2 rings (SSSR count). The number of carbonyl (C=O) groups excluding carboxylic acids is 1. The summed E-state index contributed by atoms with van der Waals surface area (Å²) in [6.07, 6.45) is 6.33. The van der Waals surface area contributed by atoms with Gasteiger partial charge in [0, 0.05) is 31.2 Å². The number of aliphatic hydroxyl groups is 1. The van der Waals surface area contributed by atoms with Gasteiger partial charge in [-0.3, -0.25) is 9.69 Å². The molecule has 0 spiro atoms. The highest BCUT2D eigenvalue weighted by atomic mass is 16.3. The number of benzene rings is 1. The highest BCUT2D eigenvalue weighted by molar-refractivity contribution is 5.90. The molecule has 0 bridgehead atoms. The molecule has 1 unspecified atom stereocenters. The van der Waals surface area contributed by atoms with Gasteiger partial charge in [0.25, 0.3) is 0 Å². The van der Waals surface area contributed by atoms with Crippen molar-refractivity contribution in [2.75, 3.05) is 18.4 Å². The fourth-order valence-electron chi connectivity index (χ4n) is 3.20. The Kier molecular flexibility index (Phi) is 6.87. The maximum Gasteiger partial charge on any atom is 0.225 e. The maximum absolute atomic E-state index is 12.1. The van der Waals surface area contributed by atoms with E-state index < -0.39 is 0 Å². The Morgan fingerprint density at radius 2 is 1.95 bits per heavy atom. The molecule has 0 aromatic heterocycles. The minimum absolute atomic E-state index is 0.0394. The summed E-state index contributed by atoms with van der Waals surface area (Å²) in [7, 11) is 0. The van der Waals surface area contributed by atoms with E-state index in [1.807, 2.05) is 37.3 Å². The lowest BCUT2D eigenvalue weighted by atomic mass is 9.94. The van der Waals surface area contributed by atoms with Crippen LogP contribution in [0.1, 0.15) is 45.4 Å². The number of para-hydroxylation sites is 1. The Bertz CT molecular complexity index is 442. The summed E-state index contributed by atoms with van der Waals surface area (Å²) >= 11 is 0. The van der Waals surface area contributed by atoms with E-state index in [0.29, 0.717) is 25.6 Å². The van der Waals surface area contributed by atoms with Crippen LogP contribution in [-0.2, 0) is 4.79 Å². The highest BCUT2D eigenvalue weighted by Gasteiger charge is 2.22.